The lowest BCUT2D eigenvalue weighted by Gasteiger charge is -2.32. The van der Waals surface area contributed by atoms with E-state index in [2.05, 4.69) is 118 Å². The molecule has 9 rings (SSSR count). The second-order valence-electron chi connectivity index (χ2n) is 13.9. The first kappa shape index (κ1) is 34.3. The minimum atomic E-state index is -1.24. The smallest absolute Gasteiger partial charge is 0.357 e. The van der Waals surface area contributed by atoms with Gasteiger partial charge in [0.1, 0.15) is 0 Å². The quantitative estimate of drug-likeness (QED) is 0.157. The summed E-state index contributed by atoms with van der Waals surface area (Å²) in [5, 5.41) is 15.3. The van der Waals surface area contributed by atoms with Crippen LogP contribution in [0.5, 0.6) is 0 Å². The lowest BCUT2D eigenvalue weighted by Crippen LogP contribution is -2.24. The van der Waals surface area contributed by atoms with Gasteiger partial charge in [0.05, 0.1) is 11.3 Å². The van der Waals surface area contributed by atoms with Crippen molar-refractivity contribution in [1.29, 1.82) is 0 Å². The Kier molecular flexibility index (Phi) is 9.17. The van der Waals surface area contributed by atoms with E-state index >= 15 is 0 Å². The van der Waals surface area contributed by atoms with Crippen LogP contribution in [0.3, 0.4) is 0 Å². The fraction of sp³-hybridized carbons (Fsp3) is 0.128. The van der Waals surface area contributed by atoms with Crippen LogP contribution in [0.1, 0.15) is 44.8 Å². The van der Waals surface area contributed by atoms with Crippen LogP contribution in [-0.4, -0.2) is 35.8 Å². The van der Waals surface area contributed by atoms with Crippen molar-refractivity contribution >= 4 is 75.1 Å². The van der Waals surface area contributed by atoms with Crippen molar-refractivity contribution in [1.82, 2.24) is 0 Å². The summed E-state index contributed by atoms with van der Waals surface area (Å²) in [4.78, 5) is 32.3. The molecule has 0 unspecified atom stereocenters. The number of hydrogen-bond acceptors (Lipinski definition) is 6. The number of amides is 1. The molecule has 8 heteroatoms. The molecule has 0 fully saturated rings. The molecule has 0 aliphatic carbocycles. The zero-order valence-electron chi connectivity index (χ0n) is 30.1. The Morgan fingerprint density at radius 1 is 0.636 bits per heavy atom. The van der Waals surface area contributed by atoms with Gasteiger partial charge in [-0.2, -0.15) is 10.1 Å². The Balaban J connectivity index is 1.11. The number of thiophene rings is 1. The molecule has 0 radical (unpaired) electrons. The lowest BCUT2D eigenvalue weighted by atomic mass is 9.90. The number of aryl methyl sites for hydroxylation is 2. The summed E-state index contributed by atoms with van der Waals surface area (Å²) >= 11 is 1.52. The van der Waals surface area contributed by atoms with Gasteiger partial charge in [0.2, 0.25) is 0 Å². The Morgan fingerprint density at radius 3 is 1.67 bits per heavy atom. The van der Waals surface area contributed by atoms with Crippen molar-refractivity contribution in [3.05, 3.63) is 177 Å². The van der Waals surface area contributed by atoms with Gasteiger partial charge in [-0.3, -0.25) is 4.79 Å². The molecule has 0 bridgehead atoms. The third-order valence-corrected chi connectivity index (χ3v) is 11.4. The first-order valence-corrected chi connectivity index (χ1v) is 19.5. The molecule has 3 aliphatic heterocycles. The summed E-state index contributed by atoms with van der Waals surface area (Å²) < 4.78 is 0. The topological polar surface area (TPSA) is 76.4 Å². The van der Waals surface area contributed by atoms with Gasteiger partial charge in [0.25, 0.3) is 5.91 Å². The Morgan fingerprint density at radius 2 is 1.15 bits per heavy atom. The monoisotopic (exact) mass is 738 g/mol. The molecule has 7 nitrogen and oxygen atoms in total. The van der Waals surface area contributed by atoms with Crippen molar-refractivity contribution in [2.75, 3.05) is 27.9 Å². The van der Waals surface area contributed by atoms with Crippen LogP contribution >= 0.6 is 11.3 Å². The normalized spacial score (nSPS) is 15.8. The second kappa shape index (κ2) is 14.7. The number of carbonyl (C=O) groups is 2. The molecule has 4 heterocycles. The molecular weight excluding hydrogens is 701 g/mol. The number of carboxylic acid groups (broad SMARTS) is 1. The molecule has 55 heavy (non-hydrogen) atoms. The third kappa shape index (κ3) is 6.77. The fourth-order valence-corrected chi connectivity index (χ4v) is 8.77. The van der Waals surface area contributed by atoms with Crippen molar-refractivity contribution in [3.8, 4) is 0 Å². The van der Waals surface area contributed by atoms with E-state index in [4.69, 9.17) is 0 Å². The van der Waals surface area contributed by atoms with Crippen molar-refractivity contribution < 1.29 is 14.7 Å². The highest BCUT2D eigenvalue weighted by Crippen LogP contribution is 2.40. The van der Waals surface area contributed by atoms with Crippen LogP contribution in [0, 0.1) is 0 Å². The van der Waals surface area contributed by atoms with E-state index in [-0.39, 0.29) is 11.3 Å². The van der Waals surface area contributed by atoms with E-state index in [1.807, 2.05) is 18.2 Å². The minimum Gasteiger partial charge on any atom is -0.476 e. The molecule has 0 spiro atoms. The zero-order valence-corrected chi connectivity index (χ0v) is 31.0. The molecule has 0 saturated heterocycles. The van der Waals surface area contributed by atoms with E-state index < -0.39 is 11.9 Å². The predicted octanol–water partition coefficient (Wildman–Crippen LogP) is 10.4. The molecular formula is C47H38N4O3S. The number of rotatable bonds is 8. The van der Waals surface area contributed by atoms with E-state index in [1.54, 1.807) is 30.3 Å². The van der Waals surface area contributed by atoms with E-state index in [1.165, 1.54) is 45.2 Å². The first-order chi connectivity index (χ1) is 27.0. The van der Waals surface area contributed by atoms with Crippen molar-refractivity contribution in [2.45, 2.75) is 25.7 Å². The largest absolute Gasteiger partial charge is 0.476 e. The maximum absolute atomic E-state index is 13.5. The number of benzene rings is 5. The van der Waals surface area contributed by atoms with Crippen molar-refractivity contribution in [2.24, 2.45) is 5.10 Å². The van der Waals surface area contributed by atoms with Crippen molar-refractivity contribution in [3.63, 3.8) is 0 Å². The predicted molar refractivity (Wildman–Crippen MR) is 225 cm³/mol. The molecule has 6 aromatic rings. The summed E-state index contributed by atoms with van der Waals surface area (Å²) in [6.07, 6.45) is 8.04. The van der Waals surface area contributed by atoms with Crippen LogP contribution in [0.25, 0.3) is 17.7 Å². The van der Waals surface area contributed by atoms with Crippen LogP contribution in [0.2, 0.25) is 0 Å². The van der Waals surface area contributed by atoms with Crippen LogP contribution in [0.15, 0.2) is 150 Å². The average molecular weight is 739 g/mol. The zero-order chi connectivity index (χ0) is 37.3. The van der Waals surface area contributed by atoms with E-state index in [0.717, 1.165) is 70.2 Å². The molecule has 3 aliphatic rings. The minimum absolute atomic E-state index is 0.0595. The molecule has 0 saturated carbocycles. The highest BCUT2D eigenvalue weighted by molar-refractivity contribution is 7.13. The highest BCUT2D eigenvalue weighted by Gasteiger charge is 2.35. The second-order valence-corrected chi connectivity index (χ2v) is 15.1. The highest BCUT2D eigenvalue weighted by atomic mass is 32.1. The number of carbonyl (C=O) groups excluding carboxylic acids is 1. The Hall–Kier alpha value is -6.51. The van der Waals surface area contributed by atoms with Gasteiger partial charge in [-0.05, 0) is 138 Å². The number of hydrogen-bond donors (Lipinski definition) is 1. The van der Waals surface area contributed by atoms with E-state index in [9.17, 15) is 14.7 Å². The van der Waals surface area contributed by atoms with Gasteiger partial charge in [0.15, 0.2) is 5.71 Å². The third-order valence-electron chi connectivity index (χ3n) is 10.5. The Labute approximate surface area is 324 Å². The fourth-order valence-electron chi connectivity index (χ4n) is 7.87. The molecule has 270 valence electrons. The number of carboxylic acids is 1. The first-order valence-electron chi connectivity index (χ1n) is 18.7. The van der Waals surface area contributed by atoms with E-state index in [0.29, 0.717) is 5.69 Å². The maximum Gasteiger partial charge on any atom is 0.357 e. The molecule has 0 atom stereocenters. The van der Waals surface area contributed by atoms with Gasteiger partial charge in [0, 0.05) is 45.6 Å². The number of nitrogens with zero attached hydrogens (tertiary/aromatic N) is 4. The van der Waals surface area contributed by atoms with Crippen LogP contribution < -0.4 is 14.8 Å². The van der Waals surface area contributed by atoms with Crippen LogP contribution in [-0.2, 0) is 22.4 Å². The molecule has 1 aromatic heterocycles. The molecule has 1 N–H and O–H groups in total. The summed E-state index contributed by atoms with van der Waals surface area (Å²) in [5.41, 5.74) is 11.3. The number of aliphatic carboxylic acids is 1. The summed E-state index contributed by atoms with van der Waals surface area (Å²) in [7, 11) is 0. The van der Waals surface area contributed by atoms with Gasteiger partial charge in [-0.25, -0.2) is 4.79 Å². The number of hydrazone groups is 1. The average Bonchev–Trinajstić information content (AvgIpc) is 3.83. The lowest BCUT2D eigenvalue weighted by molar-refractivity contribution is -0.129. The molecule has 1 amide bonds. The maximum atomic E-state index is 13.5. The summed E-state index contributed by atoms with van der Waals surface area (Å²) in [6, 6.07) is 47.8. The number of fused-ring (bicyclic) bond motifs is 2. The summed E-state index contributed by atoms with van der Waals surface area (Å²) in [5.74, 6) is -1.71. The Bertz CT molecular complexity index is 2400. The number of anilines is 5. The number of para-hydroxylation sites is 3. The molecule has 5 aromatic carbocycles. The van der Waals surface area contributed by atoms with Gasteiger partial charge in [-0.15, -0.1) is 11.3 Å². The van der Waals surface area contributed by atoms with Gasteiger partial charge in [-0.1, -0.05) is 66.7 Å². The summed E-state index contributed by atoms with van der Waals surface area (Å²) in [6.45, 7) is 1.96. The standard InChI is InChI=1S/C47H38N4O3S/c52-46-42(45(47(53)54)48-51(46)38-18-8-3-9-19-38)31-40-23-22-39(55-40)30-41(32-20-24-43-34(28-32)12-10-26-49(43)36-14-4-1-5-15-36)33-21-25-44-35(29-33)13-11-27-50(44)37-16-6-2-7-17-37/h1-9,14-25,28-31H,10-13,26-27H2,(H,53,54)/b42-31-. The van der Waals surface area contributed by atoms with Gasteiger partial charge < -0.3 is 14.9 Å². The van der Waals surface area contributed by atoms with Gasteiger partial charge >= 0.3 is 5.97 Å². The SMILES string of the molecule is O=C(O)C1=NN(c2ccccc2)C(=O)/C1=C\c1ccc(C=C(c2ccc3c(c2)CCCN3c2ccccc2)c2ccc3c(c2)CCCN3c2ccccc2)s1. The van der Waals surface area contributed by atoms with Crippen LogP contribution in [0.4, 0.5) is 28.4 Å².